The van der Waals surface area contributed by atoms with E-state index in [2.05, 4.69) is 15.1 Å². The molecule has 4 aliphatic rings. The van der Waals surface area contributed by atoms with Gasteiger partial charge in [0.1, 0.15) is 17.2 Å². The molecule has 1 amide bonds. The number of nitrogens with zero attached hydrogens (tertiary/aromatic N) is 3. The summed E-state index contributed by atoms with van der Waals surface area (Å²) in [6, 6.07) is 13.3. The molecule has 0 saturated carbocycles. The van der Waals surface area contributed by atoms with Crippen molar-refractivity contribution in [3.05, 3.63) is 60.2 Å². The van der Waals surface area contributed by atoms with Crippen molar-refractivity contribution in [1.82, 2.24) is 10.2 Å². The lowest BCUT2D eigenvalue weighted by molar-refractivity contribution is -0.0453. The third-order valence-electron chi connectivity index (χ3n) is 7.19. The Morgan fingerprint density at radius 3 is 1.57 bits per heavy atom. The van der Waals surface area contributed by atoms with Crippen LogP contribution in [0.1, 0.15) is 20.8 Å². The molecule has 0 aliphatic carbocycles. The Kier molecular flexibility index (Phi) is 5.90. The Bertz CT molecular complexity index is 1040. The van der Waals surface area contributed by atoms with Crippen molar-refractivity contribution in [1.29, 1.82) is 0 Å². The lowest BCUT2D eigenvalue weighted by Crippen LogP contribution is -2.73. The number of hydrogen-bond donors (Lipinski definition) is 1. The molecule has 1 N–H and O–H groups in total. The summed E-state index contributed by atoms with van der Waals surface area (Å²) in [4.78, 5) is 18.2. The molecule has 6 rings (SSSR count). The first-order chi connectivity index (χ1) is 16.5. The van der Waals surface area contributed by atoms with Crippen LogP contribution < -0.4 is 15.1 Å². The molecule has 2 spiro atoms. The first kappa shape index (κ1) is 23.9. The summed E-state index contributed by atoms with van der Waals surface area (Å²) >= 11 is 0. The Balaban J connectivity index is 0.000000156. The second-order valence-corrected chi connectivity index (χ2v) is 11.6. The van der Waals surface area contributed by atoms with E-state index in [4.69, 9.17) is 4.74 Å². The molecular formula is C27H34F2N4O2. The maximum absolute atomic E-state index is 12.9. The highest BCUT2D eigenvalue weighted by atomic mass is 19.1. The standard InChI is InChI=1S/C16H21FN2O2.C11H13FN2/c1-15(2,3)21-14(20)19-10-16(11-19)8-18(9-16)13-6-4-12(17)5-7-13;12-9-1-3-10(4-2-9)14-7-11(8-14)5-13-6-11/h4-7H,8-11H2,1-3H3;1-4,13H,5-8H2. The second-order valence-electron chi connectivity index (χ2n) is 11.6. The average molecular weight is 485 g/mol. The van der Waals surface area contributed by atoms with Gasteiger partial charge in [-0.1, -0.05) is 0 Å². The predicted octanol–water partition coefficient (Wildman–Crippen LogP) is 4.12. The van der Waals surface area contributed by atoms with Crippen molar-refractivity contribution >= 4 is 17.5 Å². The van der Waals surface area contributed by atoms with E-state index in [0.717, 1.165) is 63.7 Å². The maximum atomic E-state index is 12.9. The summed E-state index contributed by atoms with van der Waals surface area (Å²) in [6.45, 7) is 13.5. The smallest absolute Gasteiger partial charge is 0.410 e. The number of rotatable bonds is 2. The highest BCUT2D eigenvalue weighted by Gasteiger charge is 2.54. The molecule has 0 aromatic heterocycles. The molecule has 8 heteroatoms. The van der Waals surface area contributed by atoms with E-state index in [9.17, 15) is 13.6 Å². The normalized spacial score (nSPS) is 21.2. The van der Waals surface area contributed by atoms with Crippen LogP contribution in [-0.4, -0.2) is 69.0 Å². The van der Waals surface area contributed by atoms with Crippen LogP contribution in [0.25, 0.3) is 0 Å². The minimum atomic E-state index is -0.445. The van der Waals surface area contributed by atoms with Crippen molar-refractivity contribution in [3.63, 3.8) is 0 Å². The fourth-order valence-corrected chi connectivity index (χ4v) is 5.32. The zero-order valence-corrected chi connectivity index (χ0v) is 20.7. The fraction of sp³-hybridized carbons (Fsp3) is 0.519. The van der Waals surface area contributed by atoms with Crippen molar-refractivity contribution in [2.24, 2.45) is 10.8 Å². The van der Waals surface area contributed by atoms with Crippen LogP contribution in [-0.2, 0) is 4.74 Å². The van der Waals surface area contributed by atoms with E-state index in [0.29, 0.717) is 5.41 Å². The molecule has 188 valence electrons. The zero-order valence-electron chi connectivity index (χ0n) is 20.7. The number of ether oxygens (including phenoxy) is 1. The lowest BCUT2D eigenvalue weighted by atomic mass is 9.73. The maximum Gasteiger partial charge on any atom is 0.410 e. The van der Waals surface area contributed by atoms with Gasteiger partial charge in [0.15, 0.2) is 0 Å². The fourth-order valence-electron chi connectivity index (χ4n) is 5.32. The summed E-state index contributed by atoms with van der Waals surface area (Å²) in [6.07, 6.45) is -0.228. The Morgan fingerprint density at radius 2 is 1.20 bits per heavy atom. The molecule has 2 aromatic rings. The van der Waals surface area contributed by atoms with Gasteiger partial charge in [0.25, 0.3) is 0 Å². The number of likely N-dealkylation sites (tertiary alicyclic amines) is 1. The van der Waals surface area contributed by atoms with Crippen molar-refractivity contribution < 1.29 is 18.3 Å². The van der Waals surface area contributed by atoms with Crippen LogP contribution >= 0.6 is 0 Å². The third kappa shape index (κ3) is 5.08. The minimum absolute atomic E-state index is 0.158. The van der Waals surface area contributed by atoms with E-state index in [1.54, 1.807) is 17.0 Å². The number of carbonyl (C=O) groups is 1. The number of carbonyl (C=O) groups excluding carboxylic acids is 1. The molecule has 2 aromatic carbocycles. The third-order valence-corrected chi connectivity index (χ3v) is 7.19. The number of amides is 1. The van der Waals surface area contributed by atoms with Gasteiger partial charge in [-0.15, -0.1) is 0 Å². The van der Waals surface area contributed by atoms with Crippen LogP contribution in [0.4, 0.5) is 25.0 Å². The number of anilines is 2. The Hall–Kier alpha value is -2.87. The summed E-state index contributed by atoms with van der Waals surface area (Å²) in [7, 11) is 0. The number of nitrogens with one attached hydrogen (secondary N) is 1. The van der Waals surface area contributed by atoms with Crippen molar-refractivity contribution in [2.75, 3.05) is 62.2 Å². The molecule has 0 radical (unpaired) electrons. The Labute approximate surface area is 205 Å². The van der Waals surface area contributed by atoms with Gasteiger partial charge in [-0.05, 0) is 69.3 Å². The van der Waals surface area contributed by atoms with Gasteiger partial charge in [0.2, 0.25) is 0 Å². The molecule has 6 nitrogen and oxygen atoms in total. The molecule has 4 heterocycles. The van der Waals surface area contributed by atoms with Gasteiger partial charge >= 0.3 is 6.09 Å². The quantitative estimate of drug-likeness (QED) is 0.695. The van der Waals surface area contributed by atoms with Crippen LogP contribution in [0.15, 0.2) is 48.5 Å². The predicted molar refractivity (Wildman–Crippen MR) is 133 cm³/mol. The molecule has 4 saturated heterocycles. The van der Waals surface area contributed by atoms with Crippen LogP contribution in [0, 0.1) is 22.5 Å². The second kappa shape index (κ2) is 8.66. The first-order valence-electron chi connectivity index (χ1n) is 12.2. The zero-order chi connectivity index (χ0) is 24.8. The van der Waals surface area contributed by atoms with Gasteiger partial charge in [0.05, 0.1) is 0 Å². The van der Waals surface area contributed by atoms with E-state index in [1.807, 2.05) is 32.9 Å². The summed E-state index contributed by atoms with van der Waals surface area (Å²) in [5.74, 6) is -0.372. The summed E-state index contributed by atoms with van der Waals surface area (Å²) in [5.41, 5.74) is 2.47. The summed E-state index contributed by atoms with van der Waals surface area (Å²) in [5, 5.41) is 3.30. The monoisotopic (exact) mass is 484 g/mol. The molecule has 4 aliphatic heterocycles. The number of benzene rings is 2. The van der Waals surface area contributed by atoms with E-state index in [-0.39, 0.29) is 23.1 Å². The molecule has 0 bridgehead atoms. The van der Waals surface area contributed by atoms with Crippen molar-refractivity contribution in [2.45, 2.75) is 26.4 Å². The lowest BCUT2D eigenvalue weighted by Gasteiger charge is -2.60. The van der Waals surface area contributed by atoms with Gasteiger partial charge in [-0.25, -0.2) is 13.6 Å². The SMILES string of the molecule is CC(C)(C)OC(=O)N1CC2(C1)CN(c1ccc(F)cc1)C2.Fc1ccc(N2CC3(CNC3)C2)cc1. The van der Waals surface area contributed by atoms with Gasteiger partial charge in [-0.3, -0.25) is 0 Å². The van der Waals surface area contributed by atoms with Gasteiger partial charge in [0, 0.05) is 74.6 Å². The van der Waals surface area contributed by atoms with Crippen LogP contribution in [0.3, 0.4) is 0 Å². The largest absolute Gasteiger partial charge is 0.444 e. The highest BCUT2D eigenvalue weighted by molar-refractivity contribution is 5.70. The van der Waals surface area contributed by atoms with Gasteiger partial charge < -0.3 is 24.8 Å². The molecule has 35 heavy (non-hydrogen) atoms. The minimum Gasteiger partial charge on any atom is -0.444 e. The number of hydrogen-bond acceptors (Lipinski definition) is 5. The molecular weight excluding hydrogens is 450 g/mol. The number of halogens is 2. The molecule has 0 unspecified atom stereocenters. The van der Waals surface area contributed by atoms with Crippen LogP contribution in [0.5, 0.6) is 0 Å². The highest BCUT2D eigenvalue weighted by Crippen LogP contribution is 2.42. The summed E-state index contributed by atoms with van der Waals surface area (Å²) < 4.78 is 30.9. The van der Waals surface area contributed by atoms with E-state index >= 15 is 0 Å². The van der Waals surface area contributed by atoms with E-state index in [1.165, 1.54) is 24.3 Å². The topological polar surface area (TPSA) is 48.1 Å². The van der Waals surface area contributed by atoms with E-state index < -0.39 is 5.60 Å². The first-order valence-corrected chi connectivity index (χ1v) is 12.2. The van der Waals surface area contributed by atoms with Crippen molar-refractivity contribution in [3.8, 4) is 0 Å². The van der Waals surface area contributed by atoms with Gasteiger partial charge in [-0.2, -0.15) is 0 Å². The average Bonchev–Trinajstić information content (AvgIpc) is 2.65. The Morgan fingerprint density at radius 1 is 0.771 bits per heavy atom. The molecule has 4 fully saturated rings. The molecule has 0 atom stereocenters. The van der Waals surface area contributed by atoms with Crippen LogP contribution in [0.2, 0.25) is 0 Å².